The number of pyridine rings is 1. The van der Waals surface area contributed by atoms with Gasteiger partial charge in [0, 0.05) is 13.1 Å². The number of aliphatic carboxylic acids is 1. The number of rotatable bonds is 2. The minimum absolute atomic E-state index is 0.289. The number of hydrogen-bond donors (Lipinski definition) is 2. The van der Waals surface area contributed by atoms with Gasteiger partial charge < -0.3 is 15.7 Å². The van der Waals surface area contributed by atoms with Gasteiger partial charge in [-0.25, -0.2) is 4.98 Å². The highest BCUT2D eigenvalue weighted by molar-refractivity contribution is 5.71. The van der Waals surface area contributed by atoms with Gasteiger partial charge in [0.05, 0.1) is 17.3 Å². The van der Waals surface area contributed by atoms with Crippen LogP contribution in [0, 0.1) is 12.8 Å². The molecule has 17 heavy (non-hydrogen) atoms. The molecule has 0 aromatic carbocycles. The average molecular weight is 235 g/mol. The van der Waals surface area contributed by atoms with Crippen molar-refractivity contribution in [1.29, 1.82) is 0 Å². The molecule has 0 saturated carbocycles. The van der Waals surface area contributed by atoms with Crippen LogP contribution in [0.3, 0.4) is 0 Å². The molecule has 1 aromatic heterocycles. The minimum atomic E-state index is -0.720. The summed E-state index contributed by atoms with van der Waals surface area (Å²) in [5, 5.41) is 9.03. The Labute approximate surface area is 100 Å². The first-order valence-corrected chi connectivity index (χ1v) is 5.79. The van der Waals surface area contributed by atoms with Crippen LogP contribution in [0.25, 0.3) is 0 Å². The molecule has 2 rings (SSSR count). The second-order valence-corrected chi connectivity index (χ2v) is 4.47. The van der Waals surface area contributed by atoms with E-state index in [1.54, 1.807) is 0 Å². The highest BCUT2D eigenvalue weighted by atomic mass is 16.4. The fourth-order valence-corrected chi connectivity index (χ4v) is 2.12. The maximum Gasteiger partial charge on any atom is 0.308 e. The molecule has 0 radical (unpaired) electrons. The number of carbonyl (C=O) groups is 1. The van der Waals surface area contributed by atoms with Crippen LogP contribution >= 0.6 is 0 Å². The van der Waals surface area contributed by atoms with Gasteiger partial charge in [0.1, 0.15) is 5.82 Å². The molecular formula is C12H17N3O2. The van der Waals surface area contributed by atoms with Crippen molar-refractivity contribution in [1.82, 2.24) is 4.98 Å². The molecule has 1 saturated heterocycles. The topological polar surface area (TPSA) is 79.5 Å². The first kappa shape index (κ1) is 11.7. The zero-order valence-corrected chi connectivity index (χ0v) is 9.89. The van der Waals surface area contributed by atoms with Crippen LogP contribution in [0.1, 0.15) is 18.5 Å². The van der Waals surface area contributed by atoms with Crippen molar-refractivity contribution in [2.75, 3.05) is 23.7 Å². The molecule has 0 bridgehead atoms. The van der Waals surface area contributed by atoms with Gasteiger partial charge in [0.15, 0.2) is 0 Å². The summed E-state index contributed by atoms with van der Waals surface area (Å²) in [6.45, 7) is 3.25. The van der Waals surface area contributed by atoms with Gasteiger partial charge in [-0.05, 0) is 31.9 Å². The van der Waals surface area contributed by atoms with E-state index in [0.29, 0.717) is 12.2 Å². The van der Waals surface area contributed by atoms with Crippen LogP contribution in [0.4, 0.5) is 11.5 Å². The molecule has 1 unspecified atom stereocenters. The minimum Gasteiger partial charge on any atom is -0.481 e. The van der Waals surface area contributed by atoms with Crippen molar-refractivity contribution in [3.63, 3.8) is 0 Å². The lowest BCUT2D eigenvalue weighted by Gasteiger charge is -2.31. The molecule has 92 valence electrons. The Kier molecular flexibility index (Phi) is 3.17. The Morgan fingerprint density at radius 2 is 2.35 bits per heavy atom. The third-order valence-corrected chi connectivity index (χ3v) is 3.21. The summed E-state index contributed by atoms with van der Waals surface area (Å²) >= 11 is 0. The highest BCUT2D eigenvalue weighted by Gasteiger charge is 2.26. The first-order valence-electron chi connectivity index (χ1n) is 5.79. The lowest BCUT2D eigenvalue weighted by Crippen LogP contribution is -2.39. The predicted octanol–water partition coefficient (Wildman–Crippen LogP) is 1.27. The van der Waals surface area contributed by atoms with Crippen LogP contribution < -0.4 is 10.6 Å². The molecular weight excluding hydrogens is 218 g/mol. The van der Waals surface area contributed by atoms with Gasteiger partial charge in [-0.3, -0.25) is 4.79 Å². The fraction of sp³-hybridized carbons (Fsp3) is 0.500. The van der Waals surface area contributed by atoms with Gasteiger partial charge in [-0.2, -0.15) is 0 Å². The van der Waals surface area contributed by atoms with E-state index in [0.717, 1.165) is 30.9 Å². The molecule has 1 aliphatic rings. The van der Waals surface area contributed by atoms with E-state index in [4.69, 9.17) is 10.8 Å². The average Bonchev–Trinajstić information content (AvgIpc) is 2.33. The van der Waals surface area contributed by atoms with Crippen molar-refractivity contribution in [3.05, 3.63) is 17.8 Å². The number of nitrogens with zero attached hydrogens (tertiary/aromatic N) is 2. The number of aromatic nitrogens is 1. The highest BCUT2D eigenvalue weighted by Crippen LogP contribution is 2.23. The Morgan fingerprint density at radius 1 is 1.59 bits per heavy atom. The molecule has 1 fully saturated rings. The van der Waals surface area contributed by atoms with E-state index in [-0.39, 0.29) is 5.92 Å². The van der Waals surface area contributed by atoms with E-state index >= 15 is 0 Å². The number of nitrogens with two attached hydrogens (primary N) is 1. The summed E-state index contributed by atoms with van der Waals surface area (Å²) in [7, 11) is 0. The lowest BCUT2D eigenvalue weighted by atomic mass is 9.98. The Morgan fingerprint density at radius 3 is 3.00 bits per heavy atom. The van der Waals surface area contributed by atoms with Crippen LogP contribution in [0.2, 0.25) is 0 Å². The lowest BCUT2D eigenvalue weighted by molar-refractivity contribution is -0.141. The second kappa shape index (κ2) is 4.61. The Hall–Kier alpha value is -1.78. The molecule has 5 nitrogen and oxygen atoms in total. The van der Waals surface area contributed by atoms with E-state index in [1.165, 1.54) is 0 Å². The van der Waals surface area contributed by atoms with E-state index in [9.17, 15) is 4.79 Å². The number of piperidine rings is 1. The number of anilines is 2. The summed E-state index contributed by atoms with van der Waals surface area (Å²) in [5.41, 5.74) is 7.18. The van der Waals surface area contributed by atoms with E-state index in [1.807, 2.05) is 24.0 Å². The van der Waals surface area contributed by atoms with Crippen molar-refractivity contribution in [3.8, 4) is 0 Å². The SMILES string of the molecule is Cc1nc(N2CCCC(C(=O)O)C2)ccc1N. The molecule has 1 aromatic rings. The maximum absolute atomic E-state index is 11.0. The normalized spacial score (nSPS) is 20.3. The molecule has 1 aliphatic heterocycles. The zero-order chi connectivity index (χ0) is 12.4. The van der Waals surface area contributed by atoms with E-state index in [2.05, 4.69) is 4.98 Å². The Balaban J connectivity index is 2.16. The van der Waals surface area contributed by atoms with Gasteiger partial charge in [-0.15, -0.1) is 0 Å². The first-order chi connectivity index (χ1) is 8.08. The summed E-state index contributed by atoms with van der Waals surface area (Å²) in [4.78, 5) is 17.4. The van der Waals surface area contributed by atoms with Crippen LogP contribution in [-0.2, 0) is 4.79 Å². The monoisotopic (exact) mass is 235 g/mol. The van der Waals surface area contributed by atoms with Crippen molar-refractivity contribution >= 4 is 17.5 Å². The van der Waals surface area contributed by atoms with Gasteiger partial charge in [0.2, 0.25) is 0 Å². The second-order valence-electron chi connectivity index (χ2n) is 4.47. The Bertz CT molecular complexity index is 434. The zero-order valence-electron chi connectivity index (χ0n) is 9.89. The molecule has 1 atom stereocenters. The maximum atomic E-state index is 11.0. The largest absolute Gasteiger partial charge is 0.481 e. The van der Waals surface area contributed by atoms with Crippen LogP contribution in [0.5, 0.6) is 0 Å². The number of hydrogen-bond acceptors (Lipinski definition) is 4. The van der Waals surface area contributed by atoms with Crippen LogP contribution in [0.15, 0.2) is 12.1 Å². The van der Waals surface area contributed by atoms with Gasteiger partial charge in [0.25, 0.3) is 0 Å². The summed E-state index contributed by atoms with van der Waals surface area (Å²) in [5.74, 6) is -0.187. The predicted molar refractivity (Wildman–Crippen MR) is 66.0 cm³/mol. The molecule has 0 aliphatic carbocycles. The van der Waals surface area contributed by atoms with Crippen molar-refractivity contribution in [2.24, 2.45) is 5.92 Å². The fourth-order valence-electron chi connectivity index (χ4n) is 2.12. The number of carboxylic acids is 1. The summed E-state index contributed by atoms with van der Waals surface area (Å²) in [6.07, 6.45) is 1.64. The molecule has 3 N–H and O–H groups in total. The van der Waals surface area contributed by atoms with Crippen molar-refractivity contribution < 1.29 is 9.90 Å². The number of carboxylic acid groups (broad SMARTS) is 1. The van der Waals surface area contributed by atoms with Crippen molar-refractivity contribution in [2.45, 2.75) is 19.8 Å². The third-order valence-electron chi connectivity index (χ3n) is 3.21. The number of nitrogen functional groups attached to an aromatic ring is 1. The summed E-state index contributed by atoms with van der Waals surface area (Å²) in [6, 6.07) is 3.68. The molecule has 0 amide bonds. The van der Waals surface area contributed by atoms with Crippen LogP contribution in [-0.4, -0.2) is 29.1 Å². The molecule has 0 spiro atoms. The standard InChI is InChI=1S/C12H17N3O2/c1-8-10(13)4-5-11(14-8)15-6-2-3-9(7-15)12(16)17/h4-5,9H,2-3,6-7,13H2,1H3,(H,16,17). The van der Waals surface area contributed by atoms with Gasteiger partial charge in [-0.1, -0.05) is 0 Å². The quantitative estimate of drug-likeness (QED) is 0.807. The third kappa shape index (κ3) is 2.49. The molecule has 2 heterocycles. The van der Waals surface area contributed by atoms with E-state index < -0.39 is 5.97 Å². The smallest absolute Gasteiger partial charge is 0.308 e. The summed E-state index contributed by atoms with van der Waals surface area (Å²) < 4.78 is 0. The number of aryl methyl sites for hydroxylation is 1. The molecule has 5 heteroatoms. The van der Waals surface area contributed by atoms with Gasteiger partial charge >= 0.3 is 5.97 Å².